The van der Waals surface area contributed by atoms with Crippen LogP contribution in [-0.2, 0) is 6.54 Å². The number of hydrogen-bond acceptors (Lipinski definition) is 3. The minimum absolute atomic E-state index is 0.0987. The molecule has 1 aliphatic rings. The predicted molar refractivity (Wildman–Crippen MR) is 91.4 cm³/mol. The van der Waals surface area contributed by atoms with Crippen molar-refractivity contribution < 1.29 is 0 Å². The van der Waals surface area contributed by atoms with Crippen LogP contribution in [0.15, 0.2) is 41.2 Å². The lowest BCUT2D eigenvalue weighted by atomic mass is 10.0. The fourth-order valence-corrected chi connectivity index (χ4v) is 3.95. The van der Waals surface area contributed by atoms with Crippen molar-refractivity contribution in [2.75, 3.05) is 0 Å². The molecule has 0 aliphatic heterocycles. The van der Waals surface area contributed by atoms with Crippen molar-refractivity contribution in [1.82, 2.24) is 9.55 Å². The zero-order valence-electron chi connectivity index (χ0n) is 12.3. The van der Waals surface area contributed by atoms with Gasteiger partial charge >= 0.3 is 4.87 Å². The lowest BCUT2D eigenvalue weighted by Crippen LogP contribution is -2.34. The van der Waals surface area contributed by atoms with Gasteiger partial charge in [0.05, 0.1) is 27.6 Å². The topological polar surface area (TPSA) is 34.9 Å². The number of para-hydroxylation sites is 1. The van der Waals surface area contributed by atoms with Gasteiger partial charge in [-0.05, 0) is 24.5 Å². The first-order valence-corrected chi connectivity index (χ1v) is 8.29. The van der Waals surface area contributed by atoms with Crippen molar-refractivity contribution in [3.8, 4) is 0 Å². The maximum Gasteiger partial charge on any atom is 0.308 e. The van der Waals surface area contributed by atoms with E-state index in [1.165, 1.54) is 11.3 Å². The highest BCUT2D eigenvalue weighted by Gasteiger charge is 2.10. The Morgan fingerprint density at radius 2 is 2.14 bits per heavy atom. The number of rotatable bonds is 2. The van der Waals surface area contributed by atoms with Crippen molar-refractivity contribution in [3.05, 3.63) is 61.6 Å². The third kappa shape index (κ3) is 2.29. The molecule has 110 valence electrons. The van der Waals surface area contributed by atoms with Crippen LogP contribution in [0.25, 0.3) is 23.1 Å². The van der Waals surface area contributed by atoms with Crippen LogP contribution in [0.5, 0.6) is 0 Å². The molecule has 0 spiro atoms. The summed E-state index contributed by atoms with van der Waals surface area (Å²) in [6, 6.07) is 12.1. The summed E-state index contributed by atoms with van der Waals surface area (Å²) in [5, 5.41) is 2.18. The van der Waals surface area contributed by atoms with Crippen molar-refractivity contribution in [2.45, 2.75) is 19.9 Å². The fourth-order valence-electron chi connectivity index (χ4n) is 2.89. The van der Waals surface area contributed by atoms with Crippen LogP contribution in [0, 0.1) is 5.92 Å². The molecular formula is C18H16N2OS. The van der Waals surface area contributed by atoms with Crippen LogP contribution in [0.2, 0.25) is 0 Å². The highest BCUT2D eigenvalue weighted by Crippen LogP contribution is 2.12. The summed E-state index contributed by atoms with van der Waals surface area (Å²) in [6.07, 6.45) is 5.37. The second-order valence-corrected chi connectivity index (χ2v) is 6.78. The molecule has 1 aliphatic carbocycles. The summed E-state index contributed by atoms with van der Waals surface area (Å²) in [7, 11) is 0. The van der Waals surface area contributed by atoms with Crippen LogP contribution in [0.3, 0.4) is 0 Å². The summed E-state index contributed by atoms with van der Waals surface area (Å²) in [6.45, 7) is 2.72. The summed E-state index contributed by atoms with van der Waals surface area (Å²) >= 11 is 1.34. The summed E-state index contributed by atoms with van der Waals surface area (Å²) in [5.41, 5.74) is 1.90. The molecule has 2 heterocycles. The van der Waals surface area contributed by atoms with E-state index in [9.17, 15) is 4.79 Å². The maximum atomic E-state index is 12.3. The van der Waals surface area contributed by atoms with E-state index in [4.69, 9.17) is 0 Å². The van der Waals surface area contributed by atoms with Crippen molar-refractivity contribution in [2.24, 2.45) is 5.92 Å². The van der Waals surface area contributed by atoms with Gasteiger partial charge < -0.3 is 0 Å². The van der Waals surface area contributed by atoms with Gasteiger partial charge in [0, 0.05) is 5.39 Å². The maximum absolute atomic E-state index is 12.3. The second kappa shape index (κ2) is 5.21. The third-order valence-corrected chi connectivity index (χ3v) is 5.02. The highest BCUT2D eigenvalue weighted by atomic mass is 32.1. The van der Waals surface area contributed by atoms with Crippen LogP contribution < -0.4 is 14.8 Å². The van der Waals surface area contributed by atoms with Gasteiger partial charge in [0.2, 0.25) is 0 Å². The molecular weight excluding hydrogens is 292 g/mol. The molecule has 0 saturated carbocycles. The molecule has 0 fully saturated rings. The first kappa shape index (κ1) is 13.5. The second-order valence-electron chi connectivity index (χ2n) is 5.78. The quantitative estimate of drug-likeness (QED) is 0.727. The fraction of sp³-hybridized carbons (Fsp3) is 0.222. The van der Waals surface area contributed by atoms with E-state index in [2.05, 4.69) is 36.2 Å². The van der Waals surface area contributed by atoms with Crippen molar-refractivity contribution in [1.29, 1.82) is 0 Å². The van der Waals surface area contributed by atoms with E-state index in [1.807, 2.05) is 28.8 Å². The Morgan fingerprint density at radius 1 is 1.27 bits per heavy atom. The van der Waals surface area contributed by atoms with Gasteiger partial charge in [-0.25, -0.2) is 0 Å². The molecule has 1 atom stereocenters. The van der Waals surface area contributed by atoms with Gasteiger partial charge in [0.25, 0.3) is 0 Å². The normalized spacial score (nSPS) is 16.9. The Labute approximate surface area is 131 Å². The first-order chi connectivity index (χ1) is 10.7. The zero-order valence-corrected chi connectivity index (χ0v) is 13.1. The molecule has 1 unspecified atom stereocenters. The molecule has 1 aromatic carbocycles. The number of fused-ring (bicyclic) bond motifs is 2. The molecule has 3 aromatic rings. The van der Waals surface area contributed by atoms with Crippen molar-refractivity contribution >= 4 is 34.4 Å². The summed E-state index contributed by atoms with van der Waals surface area (Å²) in [5.74, 6) is 0.512. The van der Waals surface area contributed by atoms with Crippen LogP contribution in [0.1, 0.15) is 19.0 Å². The SMILES string of the molecule is CC1C=c2sc(=O)n(Cc3ccc4ccccc4n3)c2=CC1. The molecule has 2 aromatic heterocycles. The van der Waals surface area contributed by atoms with Crippen molar-refractivity contribution in [3.63, 3.8) is 0 Å². The van der Waals surface area contributed by atoms with E-state index in [1.54, 1.807) is 0 Å². The largest absolute Gasteiger partial charge is 0.308 e. The predicted octanol–water partition coefficient (Wildman–Crippen LogP) is 2.11. The molecule has 4 heteroatoms. The molecule has 0 amide bonds. The molecule has 0 saturated heterocycles. The van der Waals surface area contributed by atoms with Gasteiger partial charge in [0.15, 0.2) is 0 Å². The monoisotopic (exact) mass is 308 g/mol. The minimum atomic E-state index is 0.0987. The highest BCUT2D eigenvalue weighted by molar-refractivity contribution is 7.07. The van der Waals surface area contributed by atoms with Gasteiger partial charge in [-0.15, -0.1) is 0 Å². The van der Waals surface area contributed by atoms with E-state index in [0.717, 1.165) is 32.9 Å². The average molecular weight is 308 g/mol. The number of hydrogen-bond donors (Lipinski definition) is 0. The molecule has 0 N–H and O–H groups in total. The Kier molecular flexibility index (Phi) is 3.19. The van der Waals surface area contributed by atoms with Crippen LogP contribution in [0.4, 0.5) is 0 Å². The zero-order chi connectivity index (χ0) is 15.1. The average Bonchev–Trinajstić information content (AvgIpc) is 2.82. The van der Waals surface area contributed by atoms with Gasteiger partial charge in [0.1, 0.15) is 0 Å². The third-order valence-electron chi connectivity index (χ3n) is 4.06. The molecule has 0 radical (unpaired) electrons. The molecule has 22 heavy (non-hydrogen) atoms. The molecule has 3 nitrogen and oxygen atoms in total. The first-order valence-electron chi connectivity index (χ1n) is 7.47. The van der Waals surface area contributed by atoms with Crippen LogP contribution >= 0.6 is 11.3 Å². The Hall–Kier alpha value is -2.20. The molecule has 0 bridgehead atoms. The molecule has 4 rings (SSSR count). The van der Waals surface area contributed by atoms with Gasteiger partial charge in [-0.3, -0.25) is 14.3 Å². The summed E-state index contributed by atoms with van der Waals surface area (Å²) in [4.78, 5) is 17.1. The number of thiazole rings is 1. The van der Waals surface area contributed by atoms with Gasteiger partial charge in [-0.1, -0.05) is 54.7 Å². The van der Waals surface area contributed by atoms with E-state index in [0.29, 0.717) is 12.5 Å². The lowest BCUT2D eigenvalue weighted by Gasteiger charge is -2.07. The summed E-state index contributed by atoms with van der Waals surface area (Å²) < 4.78 is 2.95. The van der Waals surface area contributed by atoms with E-state index >= 15 is 0 Å². The Morgan fingerprint density at radius 3 is 3.05 bits per heavy atom. The Balaban J connectivity index is 1.81. The minimum Gasteiger partial charge on any atom is -0.293 e. The van der Waals surface area contributed by atoms with Crippen LogP contribution in [-0.4, -0.2) is 9.55 Å². The lowest BCUT2D eigenvalue weighted by molar-refractivity contribution is 0.722. The van der Waals surface area contributed by atoms with E-state index in [-0.39, 0.29) is 4.87 Å². The van der Waals surface area contributed by atoms with Gasteiger partial charge in [-0.2, -0.15) is 0 Å². The standard InChI is InChI=1S/C18H16N2OS/c1-12-6-9-16-17(10-12)22-18(21)20(16)11-14-8-7-13-4-2-3-5-15(13)19-14/h2-5,7-10,12H,6,11H2,1H3. The van der Waals surface area contributed by atoms with E-state index < -0.39 is 0 Å². The number of nitrogens with zero attached hydrogens (tertiary/aromatic N) is 2. The number of aromatic nitrogens is 2. The number of benzene rings is 1. The number of pyridine rings is 1. The smallest absolute Gasteiger partial charge is 0.293 e. The Bertz CT molecular complexity index is 1030.